The number of ether oxygens (including phenoxy) is 2. The summed E-state index contributed by atoms with van der Waals surface area (Å²) in [5.41, 5.74) is 2.50. The normalized spacial score (nSPS) is 10.7. The van der Waals surface area contributed by atoms with Gasteiger partial charge in [-0.3, -0.25) is 9.59 Å². The number of esters is 2. The van der Waals surface area contributed by atoms with Crippen molar-refractivity contribution in [2.45, 2.75) is 25.7 Å². The first-order chi connectivity index (χ1) is 16.0. The van der Waals surface area contributed by atoms with Crippen LogP contribution in [0.25, 0.3) is 6.08 Å². The highest BCUT2D eigenvalue weighted by atomic mass is 16.6. The van der Waals surface area contributed by atoms with Crippen LogP contribution in [-0.4, -0.2) is 23.0 Å². The third kappa shape index (κ3) is 8.10. The summed E-state index contributed by atoms with van der Waals surface area (Å²) in [6.07, 6.45) is 3.66. The molecule has 0 aliphatic carbocycles. The Hall–Kier alpha value is -4.19. The molecule has 0 amide bonds. The fraction of sp³-hybridized carbons (Fsp3) is 0.148. The van der Waals surface area contributed by atoms with E-state index >= 15 is 0 Å². The lowest BCUT2D eigenvalue weighted by molar-refractivity contribution is -0.137. The zero-order chi connectivity index (χ0) is 23.5. The third-order valence-electron chi connectivity index (χ3n) is 4.75. The molecule has 0 bridgehead atoms. The molecule has 3 rings (SSSR count). The molecule has 0 unspecified atom stereocenters. The summed E-state index contributed by atoms with van der Waals surface area (Å²) in [6, 6.07) is 23.6. The summed E-state index contributed by atoms with van der Waals surface area (Å²) in [4.78, 5) is 35.6. The van der Waals surface area contributed by atoms with E-state index in [1.54, 1.807) is 6.07 Å². The molecule has 0 fully saturated rings. The molecule has 1 N–H and O–H groups in total. The number of aryl methyl sites for hydroxylation is 2. The first kappa shape index (κ1) is 23.5. The van der Waals surface area contributed by atoms with Gasteiger partial charge in [0.15, 0.2) is 11.5 Å². The van der Waals surface area contributed by atoms with Gasteiger partial charge in [-0.15, -0.1) is 0 Å². The number of benzene rings is 3. The molecule has 3 aromatic carbocycles. The van der Waals surface area contributed by atoms with Crippen LogP contribution in [0.1, 0.15) is 29.5 Å². The van der Waals surface area contributed by atoms with Crippen LogP contribution in [0.15, 0.2) is 84.9 Å². The summed E-state index contributed by atoms with van der Waals surface area (Å²) in [6.45, 7) is 0. The van der Waals surface area contributed by atoms with E-state index in [0.29, 0.717) is 18.4 Å². The van der Waals surface area contributed by atoms with E-state index in [1.165, 1.54) is 18.2 Å². The number of hydrogen-bond donors (Lipinski definition) is 1. The molecule has 6 heteroatoms. The van der Waals surface area contributed by atoms with Crippen molar-refractivity contribution in [3.05, 3.63) is 102 Å². The highest BCUT2D eigenvalue weighted by molar-refractivity contribution is 5.85. The van der Waals surface area contributed by atoms with Crippen molar-refractivity contribution in [3.8, 4) is 11.5 Å². The van der Waals surface area contributed by atoms with Crippen molar-refractivity contribution in [2.75, 3.05) is 0 Å². The topological polar surface area (TPSA) is 89.9 Å². The van der Waals surface area contributed by atoms with Gasteiger partial charge in [-0.25, -0.2) is 4.79 Å². The molecule has 0 aliphatic rings. The van der Waals surface area contributed by atoms with Crippen molar-refractivity contribution in [1.82, 2.24) is 0 Å². The zero-order valence-corrected chi connectivity index (χ0v) is 18.0. The summed E-state index contributed by atoms with van der Waals surface area (Å²) in [5.74, 6) is -1.89. The highest BCUT2D eigenvalue weighted by Gasteiger charge is 2.15. The van der Waals surface area contributed by atoms with Gasteiger partial charge >= 0.3 is 17.9 Å². The third-order valence-corrected chi connectivity index (χ3v) is 4.75. The summed E-state index contributed by atoms with van der Waals surface area (Å²) >= 11 is 0. The summed E-state index contributed by atoms with van der Waals surface area (Å²) in [5, 5.41) is 8.85. The molecule has 168 valence electrons. The molecular formula is C27H24O6. The Bertz CT molecular complexity index is 1120. The van der Waals surface area contributed by atoms with Crippen LogP contribution in [0.4, 0.5) is 0 Å². The van der Waals surface area contributed by atoms with Gasteiger partial charge in [0.1, 0.15) is 0 Å². The van der Waals surface area contributed by atoms with E-state index in [9.17, 15) is 14.4 Å². The van der Waals surface area contributed by atoms with Crippen molar-refractivity contribution in [3.63, 3.8) is 0 Å². The smallest absolute Gasteiger partial charge is 0.328 e. The fourth-order valence-corrected chi connectivity index (χ4v) is 3.09. The SMILES string of the molecule is O=C(O)C=Cc1ccc(OC(=O)CCc2ccccc2)c(OC(=O)CCc2ccccc2)c1. The largest absolute Gasteiger partial charge is 0.478 e. The minimum Gasteiger partial charge on any atom is -0.478 e. The number of carboxylic acids is 1. The monoisotopic (exact) mass is 444 g/mol. The van der Waals surface area contributed by atoms with E-state index in [-0.39, 0.29) is 24.3 Å². The minimum absolute atomic E-state index is 0.0636. The lowest BCUT2D eigenvalue weighted by Crippen LogP contribution is -2.13. The molecule has 3 aromatic rings. The van der Waals surface area contributed by atoms with Crippen LogP contribution in [0.2, 0.25) is 0 Å². The molecule has 0 atom stereocenters. The Morgan fingerprint density at radius 1 is 0.697 bits per heavy atom. The summed E-state index contributed by atoms with van der Waals surface area (Å²) in [7, 11) is 0. The minimum atomic E-state index is -1.10. The fourth-order valence-electron chi connectivity index (χ4n) is 3.09. The first-order valence-corrected chi connectivity index (χ1v) is 10.5. The average molecular weight is 444 g/mol. The molecule has 0 aliphatic heterocycles. The van der Waals surface area contributed by atoms with E-state index in [2.05, 4.69) is 0 Å². The summed E-state index contributed by atoms with van der Waals surface area (Å²) < 4.78 is 10.9. The Labute approximate surface area is 192 Å². The Kier molecular flexibility index (Phi) is 8.54. The molecule has 0 aromatic heterocycles. The maximum absolute atomic E-state index is 12.4. The quantitative estimate of drug-likeness (QED) is 0.273. The van der Waals surface area contributed by atoms with Gasteiger partial charge < -0.3 is 14.6 Å². The van der Waals surface area contributed by atoms with Gasteiger partial charge in [-0.1, -0.05) is 66.7 Å². The lowest BCUT2D eigenvalue weighted by Gasteiger charge is -2.12. The molecule has 0 saturated heterocycles. The molecule has 33 heavy (non-hydrogen) atoms. The molecule has 6 nitrogen and oxygen atoms in total. The van der Waals surface area contributed by atoms with Gasteiger partial charge in [0.2, 0.25) is 0 Å². The van der Waals surface area contributed by atoms with Crippen LogP contribution in [-0.2, 0) is 27.2 Å². The van der Waals surface area contributed by atoms with Crippen molar-refractivity contribution < 1.29 is 29.0 Å². The number of aliphatic carboxylic acids is 1. The number of carbonyl (C=O) groups excluding carboxylic acids is 2. The molecule has 0 spiro atoms. The second-order valence-corrected chi connectivity index (χ2v) is 7.30. The molecular weight excluding hydrogens is 420 g/mol. The van der Waals surface area contributed by atoms with Crippen LogP contribution in [0, 0.1) is 0 Å². The number of hydrogen-bond acceptors (Lipinski definition) is 5. The number of carbonyl (C=O) groups is 3. The number of carboxylic acid groups (broad SMARTS) is 1. The molecule has 0 heterocycles. The second kappa shape index (κ2) is 12.0. The van der Waals surface area contributed by atoms with E-state index < -0.39 is 17.9 Å². The van der Waals surface area contributed by atoms with E-state index in [0.717, 1.165) is 17.2 Å². The predicted octanol–water partition coefficient (Wildman–Crippen LogP) is 4.86. The van der Waals surface area contributed by atoms with Gasteiger partial charge in [0.05, 0.1) is 0 Å². The maximum Gasteiger partial charge on any atom is 0.328 e. The van der Waals surface area contributed by atoms with Gasteiger partial charge in [0.25, 0.3) is 0 Å². The van der Waals surface area contributed by atoms with Crippen molar-refractivity contribution in [1.29, 1.82) is 0 Å². The lowest BCUT2D eigenvalue weighted by atomic mass is 10.1. The number of rotatable bonds is 10. The van der Waals surface area contributed by atoms with E-state index in [4.69, 9.17) is 14.6 Å². The Morgan fingerprint density at radius 3 is 1.73 bits per heavy atom. The first-order valence-electron chi connectivity index (χ1n) is 10.5. The average Bonchev–Trinajstić information content (AvgIpc) is 2.83. The van der Waals surface area contributed by atoms with Crippen LogP contribution in [0.5, 0.6) is 11.5 Å². The van der Waals surface area contributed by atoms with Gasteiger partial charge in [-0.05, 0) is 47.7 Å². The predicted molar refractivity (Wildman–Crippen MR) is 124 cm³/mol. The standard InChI is InChI=1S/C27H24O6/c28-25(29)16-12-22-11-15-23(32-26(30)17-13-20-7-3-1-4-8-20)24(19-22)33-27(31)18-14-21-9-5-2-6-10-21/h1-12,15-16,19H,13-14,17-18H2,(H,28,29). The zero-order valence-electron chi connectivity index (χ0n) is 18.0. The molecule has 0 saturated carbocycles. The van der Waals surface area contributed by atoms with Crippen molar-refractivity contribution >= 4 is 24.0 Å². The molecule has 0 radical (unpaired) electrons. The Morgan fingerprint density at radius 2 is 1.21 bits per heavy atom. The second-order valence-electron chi connectivity index (χ2n) is 7.30. The van der Waals surface area contributed by atoms with Crippen LogP contribution >= 0.6 is 0 Å². The van der Waals surface area contributed by atoms with Gasteiger partial charge in [0, 0.05) is 18.9 Å². The van der Waals surface area contributed by atoms with Gasteiger partial charge in [-0.2, -0.15) is 0 Å². The Balaban J connectivity index is 1.69. The van der Waals surface area contributed by atoms with Crippen LogP contribution < -0.4 is 9.47 Å². The van der Waals surface area contributed by atoms with Crippen LogP contribution in [0.3, 0.4) is 0 Å². The highest BCUT2D eigenvalue weighted by Crippen LogP contribution is 2.30. The van der Waals surface area contributed by atoms with Crippen molar-refractivity contribution in [2.24, 2.45) is 0 Å². The maximum atomic E-state index is 12.4. The van der Waals surface area contributed by atoms with E-state index in [1.807, 2.05) is 60.7 Å².